The van der Waals surface area contributed by atoms with Gasteiger partial charge in [0.25, 0.3) is 11.5 Å². The number of piperidine rings is 1. The molecule has 0 bridgehead atoms. The quantitative estimate of drug-likeness (QED) is 0.452. The van der Waals surface area contributed by atoms with E-state index >= 15 is 0 Å². The summed E-state index contributed by atoms with van der Waals surface area (Å²) < 4.78 is 6.33. The van der Waals surface area contributed by atoms with Gasteiger partial charge in [-0.1, -0.05) is 42.5 Å². The lowest BCUT2D eigenvalue weighted by molar-refractivity contribution is 0.0690. The zero-order chi connectivity index (χ0) is 25.1. The van der Waals surface area contributed by atoms with E-state index in [1.165, 1.54) is 10.1 Å². The Labute approximate surface area is 209 Å². The van der Waals surface area contributed by atoms with Gasteiger partial charge < -0.3 is 14.6 Å². The Bertz CT molecular complexity index is 1480. The summed E-state index contributed by atoms with van der Waals surface area (Å²) in [5, 5.41) is 0.376. The fourth-order valence-electron chi connectivity index (χ4n) is 4.91. The molecule has 1 amide bonds. The number of rotatable bonds is 6. The van der Waals surface area contributed by atoms with Crippen molar-refractivity contribution in [2.24, 2.45) is 5.92 Å². The van der Waals surface area contributed by atoms with Crippen LogP contribution in [0.5, 0.6) is 5.75 Å². The fourth-order valence-corrected chi connectivity index (χ4v) is 4.91. The molecule has 1 aliphatic heterocycles. The average molecular weight is 484 g/mol. The topological polar surface area (TPSA) is 84.4 Å². The Morgan fingerprint density at radius 1 is 0.944 bits per heavy atom. The van der Waals surface area contributed by atoms with Crippen LogP contribution in [0.25, 0.3) is 10.9 Å². The summed E-state index contributed by atoms with van der Waals surface area (Å²) in [4.78, 5) is 43.6. The summed E-state index contributed by atoms with van der Waals surface area (Å²) in [7, 11) is 1.58. The second-order valence-corrected chi connectivity index (χ2v) is 9.36. The van der Waals surface area contributed by atoms with Gasteiger partial charge in [-0.25, -0.2) is 4.79 Å². The van der Waals surface area contributed by atoms with Gasteiger partial charge in [0.1, 0.15) is 5.75 Å². The molecule has 7 nitrogen and oxygen atoms in total. The first-order chi connectivity index (χ1) is 17.5. The van der Waals surface area contributed by atoms with E-state index in [1.807, 2.05) is 23.1 Å². The normalized spacial score (nSPS) is 14.2. The molecule has 0 spiro atoms. The van der Waals surface area contributed by atoms with E-state index in [-0.39, 0.29) is 18.0 Å². The first-order valence-corrected chi connectivity index (χ1v) is 12.2. The average Bonchev–Trinajstić information content (AvgIpc) is 2.91. The number of nitrogens with one attached hydrogen (secondary N) is 1. The standard InChI is InChI=1S/C29H29N3O4/c1-36-24-10-7-22(8-11-24)19-32-28(34)25-12-9-23(18-26(25)30-29(32)35)27(33)31-15-13-21(14-16-31)17-20-5-3-2-4-6-20/h2-12,18,21H,13-17,19H2,1H3,(H,30,35). The number of amides is 1. The minimum atomic E-state index is -0.505. The number of nitrogens with zero attached hydrogens (tertiary/aromatic N) is 2. The molecule has 1 fully saturated rings. The molecule has 0 aliphatic carbocycles. The van der Waals surface area contributed by atoms with Crippen LogP contribution in [-0.4, -0.2) is 40.6 Å². The van der Waals surface area contributed by atoms with E-state index in [4.69, 9.17) is 4.74 Å². The van der Waals surface area contributed by atoms with Crippen molar-refractivity contribution < 1.29 is 9.53 Å². The summed E-state index contributed by atoms with van der Waals surface area (Å²) in [5.74, 6) is 1.20. The lowest BCUT2D eigenvalue weighted by Crippen LogP contribution is -2.39. The van der Waals surface area contributed by atoms with Gasteiger partial charge in [-0.15, -0.1) is 0 Å². The molecule has 0 unspecified atom stereocenters. The van der Waals surface area contributed by atoms with Crippen molar-refractivity contribution in [3.8, 4) is 5.75 Å². The second-order valence-electron chi connectivity index (χ2n) is 9.36. The third kappa shape index (κ3) is 4.96. The van der Waals surface area contributed by atoms with Crippen molar-refractivity contribution in [3.63, 3.8) is 0 Å². The Balaban J connectivity index is 1.30. The van der Waals surface area contributed by atoms with Crippen molar-refractivity contribution in [1.82, 2.24) is 14.5 Å². The maximum Gasteiger partial charge on any atom is 0.329 e. The smallest absolute Gasteiger partial charge is 0.329 e. The minimum Gasteiger partial charge on any atom is -0.497 e. The number of benzene rings is 3. The number of methoxy groups -OCH3 is 1. The first kappa shape index (κ1) is 23.6. The largest absolute Gasteiger partial charge is 0.497 e. The summed E-state index contributed by atoms with van der Waals surface area (Å²) in [5.41, 5.74) is 2.11. The maximum atomic E-state index is 13.2. The summed E-state index contributed by atoms with van der Waals surface area (Å²) >= 11 is 0. The van der Waals surface area contributed by atoms with Gasteiger partial charge in [0.05, 0.1) is 24.6 Å². The highest BCUT2D eigenvalue weighted by Crippen LogP contribution is 2.23. The van der Waals surface area contributed by atoms with E-state index in [2.05, 4.69) is 29.2 Å². The van der Waals surface area contributed by atoms with Crippen LogP contribution in [-0.2, 0) is 13.0 Å². The van der Waals surface area contributed by atoms with E-state index < -0.39 is 5.69 Å². The Morgan fingerprint density at radius 3 is 2.36 bits per heavy atom. The van der Waals surface area contributed by atoms with Gasteiger partial charge >= 0.3 is 5.69 Å². The van der Waals surface area contributed by atoms with Crippen LogP contribution >= 0.6 is 0 Å². The summed E-state index contributed by atoms with van der Waals surface area (Å²) in [6, 6.07) is 22.6. The Morgan fingerprint density at radius 2 is 1.67 bits per heavy atom. The number of aromatic nitrogens is 2. The number of ether oxygens (including phenoxy) is 1. The Hall–Kier alpha value is -4.13. The molecule has 2 heterocycles. The molecular weight excluding hydrogens is 454 g/mol. The third-order valence-corrected chi connectivity index (χ3v) is 7.00. The molecule has 184 valence electrons. The molecule has 0 radical (unpaired) electrons. The lowest BCUT2D eigenvalue weighted by Gasteiger charge is -2.32. The fraction of sp³-hybridized carbons (Fsp3) is 0.276. The third-order valence-electron chi connectivity index (χ3n) is 7.00. The van der Waals surface area contributed by atoms with Gasteiger partial charge in [0, 0.05) is 18.7 Å². The second kappa shape index (κ2) is 10.2. The molecule has 1 N–H and O–H groups in total. The maximum absolute atomic E-state index is 13.2. The number of hydrogen-bond acceptors (Lipinski definition) is 4. The van der Waals surface area contributed by atoms with Crippen molar-refractivity contribution >= 4 is 16.8 Å². The van der Waals surface area contributed by atoms with Gasteiger partial charge in [0.15, 0.2) is 0 Å². The van der Waals surface area contributed by atoms with Crippen molar-refractivity contribution in [2.75, 3.05) is 20.2 Å². The zero-order valence-corrected chi connectivity index (χ0v) is 20.3. The highest BCUT2D eigenvalue weighted by Gasteiger charge is 2.24. The number of H-pyrrole nitrogens is 1. The van der Waals surface area contributed by atoms with Crippen LogP contribution in [0.15, 0.2) is 82.4 Å². The number of hydrogen-bond donors (Lipinski definition) is 1. The molecular formula is C29H29N3O4. The molecule has 1 saturated heterocycles. The first-order valence-electron chi connectivity index (χ1n) is 12.2. The van der Waals surface area contributed by atoms with Gasteiger partial charge in [0.2, 0.25) is 0 Å². The number of carbonyl (C=O) groups excluding carboxylic acids is 1. The van der Waals surface area contributed by atoms with Crippen LogP contribution in [0.2, 0.25) is 0 Å². The predicted octanol–water partition coefficient (Wildman–Crippen LogP) is 3.84. The highest BCUT2D eigenvalue weighted by atomic mass is 16.5. The van der Waals surface area contributed by atoms with E-state index in [0.717, 1.165) is 24.8 Å². The minimum absolute atomic E-state index is 0.0710. The molecule has 1 aliphatic rings. The van der Waals surface area contributed by atoms with Crippen molar-refractivity contribution in [1.29, 1.82) is 0 Å². The number of fused-ring (bicyclic) bond motifs is 1. The van der Waals surface area contributed by atoms with Gasteiger partial charge in [-0.05, 0) is 66.6 Å². The molecule has 4 aromatic rings. The van der Waals surface area contributed by atoms with Gasteiger partial charge in [-0.2, -0.15) is 0 Å². The molecule has 7 heteroatoms. The summed E-state index contributed by atoms with van der Waals surface area (Å²) in [6.45, 7) is 1.55. The summed E-state index contributed by atoms with van der Waals surface area (Å²) in [6.07, 6.45) is 2.95. The molecule has 5 rings (SSSR count). The number of likely N-dealkylation sites (tertiary alicyclic amines) is 1. The van der Waals surface area contributed by atoms with Crippen LogP contribution in [0.1, 0.15) is 34.3 Å². The van der Waals surface area contributed by atoms with E-state index in [9.17, 15) is 14.4 Å². The van der Waals surface area contributed by atoms with Crippen LogP contribution < -0.4 is 16.0 Å². The van der Waals surface area contributed by atoms with Crippen LogP contribution in [0.4, 0.5) is 0 Å². The lowest BCUT2D eigenvalue weighted by atomic mass is 9.90. The number of aromatic amines is 1. The molecule has 3 aromatic carbocycles. The van der Waals surface area contributed by atoms with E-state index in [1.54, 1.807) is 37.4 Å². The highest BCUT2D eigenvalue weighted by molar-refractivity contribution is 5.97. The monoisotopic (exact) mass is 483 g/mol. The Kier molecular flexibility index (Phi) is 6.71. The van der Waals surface area contributed by atoms with Crippen LogP contribution in [0, 0.1) is 5.92 Å². The van der Waals surface area contributed by atoms with Gasteiger partial charge in [-0.3, -0.25) is 14.2 Å². The van der Waals surface area contributed by atoms with Crippen LogP contribution in [0.3, 0.4) is 0 Å². The van der Waals surface area contributed by atoms with Crippen molar-refractivity contribution in [3.05, 3.63) is 110 Å². The van der Waals surface area contributed by atoms with Crippen molar-refractivity contribution in [2.45, 2.75) is 25.8 Å². The molecule has 0 saturated carbocycles. The predicted molar refractivity (Wildman–Crippen MR) is 140 cm³/mol. The molecule has 1 aromatic heterocycles. The SMILES string of the molecule is COc1ccc(Cn2c(=O)[nH]c3cc(C(=O)N4CCC(Cc5ccccc5)CC4)ccc3c2=O)cc1. The zero-order valence-electron chi connectivity index (χ0n) is 20.3. The molecule has 36 heavy (non-hydrogen) atoms. The van der Waals surface area contributed by atoms with E-state index in [0.29, 0.717) is 41.2 Å². The molecule has 0 atom stereocenters. The number of carbonyl (C=O) groups is 1.